The van der Waals surface area contributed by atoms with Crippen LogP contribution in [0.15, 0.2) is 55.2 Å². The summed E-state index contributed by atoms with van der Waals surface area (Å²) in [5.41, 5.74) is 0.997. The number of hydrogen-bond donors (Lipinski definition) is 0. The standard InChI is InChI=1S/C18H17BrN2O2S/c1-3-20-18-21(4-2)17(22)16(24-18)11-14-9-10-15(23-14)12-5-7-13(19)8-6-12/h5-11H,3-4H2,1-2H3. The molecule has 0 unspecified atom stereocenters. The highest BCUT2D eigenvalue weighted by atomic mass is 79.9. The second-order valence-electron chi connectivity index (χ2n) is 5.13. The Morgan fingerprint density at radius 3 is 2.62 bits per heavy atom. The van der Waals surface area contributed by atoms with Crippen LogP contribution < -0.4 is 0 Å². The summed E-state index contributed by atoms with van der Waals surface area (Å²) < 4.78 is 6.89. The number of carbonyl (C=O) groups is 1. The maximum absolute atomic E-state index is 12.4. The van der Waals surface area contributed by atoms with Gasteiger partial charge in [0.15, 0.2) is 5.17 Å². The first-order chi connectivity index (χ1) is 11.6. The van der Waals surface area contributed by atoms with Crippen molar-refractivity contribution in [2.24, 2.45) is 4.99 Å². The van der Waals surface area contributed by atoms with Gasteiger partial charge in [0, 0.05) is 29.2 Å². The summed E-state index contributed by atoms with van der Waals surface area (Å²) in [5.74, 6) is 1.42. The maximum Gasteiger partial charge on any atom is 0.266 e. The monoisotopic (exact) mass is 404 g/mol. The normalized spacial score (nSPS) is 18.1. The molecule has 24 heavy (non-hydrogen) atoms. The van der Waals surface area contributed by atoms with Gasteiger partial charge >= 0.3 is 0 Å². The molecule has 6 heteroatoms. The Morgan fingerprint density at radius 1 is 1.21 bits per heavy atom. The SMILES string of the molecule is CCN=C1SC(=Cc2ccc(-c3ccc(Br)cc3)o2)C(=O)N1CC. The number of halogens is 1. The number of rotatable bonds is 4. The molecule has 0 spiro atoms. The molecular weight excluding hydrogens is 388 g/mol. The van der Waals surface area contributed by atoms with Gasteiger partial charge in [-0.3, -0.25) is 14.7 Å². The molecule has 1 saturated heterocycles. The number of nitrogens with zero attached hydrogens (tertiary/aromatic N) is 2. The van der Waals surface area contributed by atoms with E-state index in [9.17, 15) is 4.79 Å². The first kappa shape index (κ1) is 17.0. The van der Waals surface area contributed by atoms with E-state index in [2.05, 4.69) is 20.9 Å². The number of furan rings is 1. The second-order valence-corrected chi connectivity index (χ2v) is 7.05. The molecule has 3 rings (SSSR count). The van der Waals surface area contributed by atoms with Crippen molar-refractivity contribution in [2.75, 3.05) is 13.1 Å². The van der Waals surface area contributed by atoms with Crippen LogP contribution in [0.25, 0.3) is 17.4 Å². The Balaban J connectivity index is 1.86. The fourth-order valence-corrected chi connectivity index (χ4v) is 3.72. The Morgan fingerprint density at radius 2 is 1.96 bits per heavy atom. The van der Waals surface area contributed by atoms with Gasteiger partial charge in [-0.2, -0.15) is 0 Å². The number of likely N-dealkylation sites (N-methyl/N-ethyl adjacent to an activating group) is 1. The van der Waals surface area contributed by atoms with Crippen molar-refractivity contribution in [3.05, 3.63) is 51.5 Å². The highest BCUT2D eigenvalue weighted by molar-refractivity contribution is 9.10. The van der Waals surface area contributed by atoms with Crippen molar-refractivity contribution in [3.63, 3.8) is 0 Å². The van der Waals surface area contributed by atoms with Gasteiger partial charge in [-0.05, 0) is 49.9 Å². The van der Waals surface area contributed by atoms with Crippen LogP contribution in [0.1, 0.15) is 19.6 Å². The quantitative estimate of drug-likeness (QED) is 0.671. The number of thioether (sulfide) groups is 1. The minimum atomic E-state index is -0.0173. The molecule has 1 aliphatic rings. The fraction of sp³-hybridized carbons (Fsp3) is 0.222. The minimum Gasteiger partial charge on any atom is -0.457 e. The van der Waals surface area contributed by atoms with Crippen LogP contribution in [0.5, 0.6) is 0 Å². The molecule has 0 bridgehead atoms. The van der Waals surface area contributed by atoms with E-state index >= 15 is 0 Å². The highest BCUT2D eigenvalue weighted by Gasteiger charge is 2.32. The molecule has 1 amide bonds. The molecule has 0 aliphatic carbocycles. The summed E-state index contributed by atoms with van der Waals surface area (Å²) in [6, 6.07) is 11.7. The van der Waals surface area contributed by atoms with Crippen molar-refractivity contribution in [1.82, 2.24) is 4.90 Å². The zero-order chi connectivity index (χ0) is 17.1. The van der Waals surface area contributed by atoms with Crippen LogP contribution >= 0.6 is 27.7 Å². The van der Waals surface area contributed by atoms with Gasteiger partial charge in [-0.1, -0.05) is 28.1 Å². The number of carbonyl (C=O) groups excluding carboxylic acids is 1. The van der Waals surface area contributed by atoms with Crippen molar-refractivity contribution in [2.45, 2.75) is 13.8 Å². The smallest absolute Gasteiger partial charge is 0.266 e. The molecule has 1 aliphatic heterocycles. The molecule has 0 atom stereocenters. The lowest BCUT2D eigenvalue weighted by atomic mass is 10.2. The van der Waals surface area contributed by atoms with Crippen LogP contribution in [0.3, 0.4) is 0 Å². The Bertz CT molecular complexity index is 809. The fourth-order valence-electron chi connectivity index (χ4n) is 2.37. The molecule has 2 aromatic rings. The van der Waals surface area contributed by atoms with Crippen molar-refractivity contribution in [3.8, 4) is 11.3 Å². The third-order valence-electron chi connectivity index (χ3n) is 3.53. The predicted octanol–water partition coefficient (Wildman–Crippen LogP) is 5.02. The molecule has 1 aromatic heterocycles. The Kier molecular flexibility index (Phi) is 5.26. The highest BCUT2D eigenvalue weighted by Crippen LogP contribution is 2.33. The molecule has 124 valence electrons. The van der Waals surface area contributed by atoms with Gasteiger partial charge in [0.1, 0.15) is 11.5 Å². The van der Waals surface area contributed by atoms with Crippen LogP contribution in [-0.4, -0.2) is 29.1 Å². The first-order valence-corrected chi connectivity index (χ1v) is 9.35. The third-order valence-corrected chi connectivity index (χ3v) is 5.10. The van der Waals surface area contributed by atoms with E-state index in [4.69, 9.17) is 4.42 Å². The van der Waals surface area contributed by atoms with Gasteiger partial charge in [0.25, 0.3) is 5.91 Å². The van der Waals surface area contributed by atoms with E-state index in [1.54, 1.807) is 11.0 Å². The summed E-state index contributed by atoms with van der Waals surface area (Å²) >= 11 is 4.82. The number of amides is 1. The Labute approximate surface area is 153 Å². The summed E-state index contributed by atoms with van der Waals surface area (Å²) in [6.45, 7) is 5.19. The number of amidine groups is 1. The van der Waals surface area contributed by atoms with Gasteiger partial charge in [0.2, 0.25) is 0 Å². The van der Waals surface area contributed by atoms with Crippen molar-refractivity contribution < 1.29 is 9.21 Å². The first-order valence-electron chi connectivity index (χ1n) is 7.74. The summed E-state index contributed by atoms with van der Waals surface area (Å²) in [6.07, 6.45) is 1.79. The van der Waals surface area contributed by atoms with Crippen LogP contribution in [-0.2, 0) is 4.79 Å². The van der Waals surface area contributed by atoms with E-state index in [1.165, 1.54) is 11.8 Å². The van der Waals surface area contributed by atoms with E-state index in [-0.39, 0.29) is 5.91 Å². The molecule has 0 N–H and O–H groups in total. The Hall–Kier alpha value is -1.79. The van der Waals surface area contributed by atoms with E-state index in [0.29, 0.717) is 23.8 Å². The maximum atomic E-state index is 12.4. The van der Waals surface area contributed by atoms with E-state index in [1.807, 2.05) is 50.2 Å². The lowest BCUT2D eigenvalue weighted by molar-refractivity contribution is -0.122. The molecule has 0 radical (unpaired) electrons. The molecular formula is C18H17BrN2O2S. The third kappa shape index (κ3) is 3.49. The van der Waals surface area contributed by atoms with E-state index in [0.717, 1.165) is 21.0 Å². The number of hydrogen-bond acceptors (Lipinski definition) is 4. The van der Waals surface area contributed by atoms with Crippen LogP contribution in [0.2, 0.25) is 0 Å². The average Bonchev–Trinajstić information content (AvgIpc) is 3.14. The average molecular weight is 405 g/mol. The summed E-state index contributed by atoms with van der Waals surface area (Å²) in [4.78, 5) is 19.2. The lowest BCUT2D eigenvalue weighted by Crippen LogP contribution is -2.28. The van der Waals surface area contributed by atoms with Crippen molar-refractivity contribution >= 4 is 44.8 Å². The van der Waals surface area contributed by atoms with Crippen LogP contribution in [0, 0.1) is 0 Å². The zero-order valence-corrected chi connectivity index (χ0v) is 15.9. The van der Waals surface area contributed by atoms with Gasteiger partial charge in [-0.15, -0.1) is 0 Å². The molecule has 1 aromatic carbocycles. The van der Waals surface area contributed by atoms with Crippen molar-refractivity contribution in [1.29, 1.82) is 0 Å². The zero-order valence-electron chi connectivity index (χ0n) is 13.5. The van der Waals surface area contributed by atoms with Crippen LogP contribution in [0.4, 0.5) is 0 Å². The summed E-state index contributed by atoms with van der Waals surface area (Å²) in [7, 11) is 0. The molecule has 1 fully saturated rings. The molecule has 2 heterocycles. The number of benzene rings is 1. The molecule has 4 nitrogen and oxygen atoms in total. The minimum absolute atomic E-state index is 0.0173. The van der Waals surface area contributed by atoms with Gasteiger partial charge in [0.05, 0.1) is 4.91 Å². The van der Waals surface area contributed by atoms with Gasteiger partial charge < -0.3 is 4.42 Å². The van der Waals surface area contributed by atoms with Gasteiger partial charge in [-0.25, -0.2) is 0 Å². The predicted molar refractivity (Wildman–Crippen MR) is 103 cm³/mol. The van der Waals surface area contributed by atoms with E-state index < -0.39 is 0 Å². The topological polar surface area (TPSA) is 45.8 Å². The largest absolute Gasteiger partial charge is 0.457 e. The number of aliphatic imine (C=N–C) groups is 1. The second kappa shape index (κ2) is 7.40. The molecule has 0 saturated carbocycles. The lowest BCUT2D eigenvalue weighted by Gasteiger charge is -2.11. The summed E-state index contributed by atoms with van der Waals surface area (Å²) in [5, 5.41) is 0.760.